The van der Waals surface area contributed by atoms with Gasteiger partial charge in [-0.15, -0.1) is 0 Å². The van der Waals surface area contributed by atoms with Gasteiger partial charge in [-0.1, -0.05) is 39.0 Å². The van der Waals surface area contributed by atoms with Gasteiger partial charge in [0.2, 0.25) is 0 Å². The van der Waals surface area contributed by atoms with E-state index in [2.05, 4.69) is 27.7 Å². The summed E-state index contributed by atoms with van der Waals surface area (Å²) < 4.78 is 0. The van der Waals surface area contributed by atoms with Gasteiger partial charge in [0.1, 0.15) is 0 Å². The molecule has 0 aliphatic carbocycles. The first-order valence-corrected chi connectivity index (χ1v) is 16.0. The number of carboxylic acids is 1. The summed E-state index contributed by atoms with van der Waals surface area (Å²) in [5.41, 5.74) is 0. The molecule has 0 aromatic carbocycles. The molecule has 0 saturated carbocycles. The van der Waals surface area contributed by atoms with E-state index in [1.54, 1.807) is 6.16 Å². The average molecular weight is 433 g/mol. The molecule has 178 valence electrons. The summed E-state index contributed by atoms with van der Waals surface area (Å²) in [6.45, 7) is 10.7. The zero-order valence-electron chi connectivity index (χ0n) is 21.0. The molecule has 0 amide bonds. The molecule has 0 saturated heterocycles. The molecule has 0 aromatic heterocycles. The second kappa shape index (κ2) is 24.2. The van der Waals surface area contributed by atoms with E-state index in [1.165, 1.54) is 121 Å². The SMILES string of the molecule is CC(=O)O.CCCCCCCCCCCCCCCCCC[PH](CC)(CC)CC. The molecule has 0 bridgehead atoms. The summed E-state index contributed by atoms with van der Waals surface area (Å²) in [5, 5.41) is 7.42. The van der Waals surface area contributed by atoms with E-state index in [-0.39, 0.29) is 0 Å². The van der Waals surface area contributed by atoms with Crippen molar-refractivity contribution in [2.75, 3.05) is 24.6 Å². The van der Waals surface area contributed by atoms with Crippen LogP contribution in [0.3, 0.4) is 0 Å². The Kier molecular flexibility index (Phi) is 25.9. The number of hydrogen-bond acceptors (Lipinski definition) is 1. The van der Waals surface area contributed by atoms with Crippen molar-refractivity contribution in [1.29, 1.82) is 0 Å². The molecule has 0 atom stereocenters. The van der Waals surface area contributed by atoms with Gasteiger partial charge in [0, 0.05) is 6.92 Å². The minimum atomic E-state index is -0.833. The van der Waals surface area contributed by atoms with Crippen molar-refractivity contribution >= 4 is 13.2 Å². The van der Waals surface area contributed by atoms with Crippen LogP contribution in [0.15, 0.2) is 0 Å². The first-order valence-electron chi connectivity index (χ1n) is 13.2. The van der Waals surface area contributed by atoms with Crippen LogP contribution in [0.4, 0.5) is 0 Å². The second-order valence-electron chi connectivity index (χ2n) is 9.13. The molecule has 2 nitrogen and oxygen atoms in total. The Bertz CT molecular complexity index is 314. The van der Waals surface area contributed by atoms with Gasteiger partial charge in [0.25, 0.3) is 5.97 Å². The average Bonchev–Trinajstić information content (AvgIpc) is 2.70. The topological polar surface area (TPSA) is 37.3 Å². The van der Waals surface area contributed by atoms with E-state index in [1.807, 2.05) is 0 Å². The first-order chi connectivity index (χ1) is 14.0. The van der Waals surface area contributed by atoms with Crippen molar-refractivity contribution in [3.05, 3.63) is 0 Å². The number of carboxylic acid groups (broad SMARTS) is 1. The summed E-state index contributed by atoms with van der Waals surface area (Å²) in [5.74, 6) is -0.833. The van der Waals surface area contributed by atoms with Gasteiger partial charge in [-0.2, -0.15) is 0 Å². The third-order valence-corrected chi connectivity index (χ3v) is 12.7. The van der Waals surface area contributed by atoms with E-state index in [9.17, 15) is 0 Å². The zero-order chi connectivity index (χ0) is 22.2. The Morgan fingerprint density at radius 3 is 1.03 bits per heavy atom. The van der Waals surface area contributed by atoms with Gasteiger partial charge in [-0.05, 0) is 0 Å². The zero-order valence-corrected chi connectivity index (χ0v) is 22.0. The molecule has 0 radical (unpaired) electrons. The van der Waals surface area contributed by atoms with E-state index in [0.29, 0.717) is 0 Å². The Morgan fingerprint density at radius 2 is 0.793 bits per heavy atom. The van der Waals surface area contributed by atoms with Crippen LogP contribution in [0.1, 0.15) is 137 Å². The molecule has 0 fully saturated rings. The van der Waals surface area contributed by atoms with E-state index in [4.69, 9.17) is 9.90 Å². The number of carbonyl (C=O) groups is 1. The van der Waals surface area contributed by atoms with E-state index < -0.39 is 13.2 Å². The van der Waals surface area contributed by atoms with E-state index >= 15 is 0 Å². The third-order valence-electron chi connectivity index (χ3n) is 6.81. The minimum absolute atomic E-state index is 0.825. The van der Waals surface area contributed by atoms with Crippen LogP contribution in [0, 0.1) is 0 Å². The fraction of sp³-hybridized carbons (Fsp3) is 0.962. The molecular formula is C26H57O2P. The summed E-state index contributed by atoms with van der Waals surface area (Å²) in [4.78, 5) is 9.00. The van der Waals surface area contributed by atoms with Gasteiger partial charge in [-0.25, -0.2) is 0 Å². The van der Waals surface area contributed by atoms with Gasteiger partial charge in [0.15, 0.2) is 0 Å². The molecule has 0 rings (SSSR count). The van der Waals surface area contributed by atoms with Crippen molar-refractivity contribution in [2.45, 2.75) is 137 Å². The predicted molar refractivity (Wildman–Crippen MR) is 138 cm³/mol. The molecule has 29 heavy (non-hydrogen) atoms. The number of aliphatic carboxylic acids is 1. The van der Waals surface area contributed by atoms with Crippen LogP contribution in [0.5, 0.6) is 0 Å². The number of rotatable bonds is 20. The summed E-state index contributed by atoms with van der Waals surface area (Å²) in [6.07, 6.45) is 29.9. The number of hydrogen-bond donors (Lipinski definition) is 1. The van der Waals surface area contributed by atoms with Gasteiger partial charge in [0.05, 0.1) is 0 Å². The molecule has 0 aliphatic heterocycles. The quantitative estimate of drug-likeness (QED) is 0.154. The van der Waals surface area contributed by atoms with Crippen LogP contribution < -0.4 is 0 Å². The van der Waals surface area contributed by atoms with Gasteiger partial charge >= 0.3 is 123 Å². The van der Waals surface area contributed by atoms with Crippen LogP contribution in [0.2, 0.25) is 0 Å². The molecule has 0 spiro atoms. The van der Waals surface area contributed by atoms with Crippen LogP contribution in [-0.2, 0) is 4.79 Å². The molecule has 0 unspecified atom stereocenters. The Balaban J connectivity index is 0. The summed E-state index contributed by atoms with van der Waals surface area (Å²) in [7, 11) is -0.825. The molecule has 3 heteroatoms. The van der Waals surface area contributed by atoms with Crippen molar-refractivity contribution in [2.24, 2.45) is 0 Å². The van der Waals surface area contributed by atoms with Crippen molar-refractivity contribution in [3.63, 3.8) is 0 Å². The van der Waals surface area contributed by atoms with Crippen molar-refractivity contribution in [3.8, 4) is 0 Å². The maximum atomic E-state index is 9.00. The molecule has 0 heterocycles. The second-order valence-corrected chi connectivity index (χ2v) is 14.8. The Labute approximate surface area is 185 Å². The van der Waals surface area contributed by atoms with Crippen LogP contribution in [0.25, 0.3) is 0 Å². The first kappa shape index (κ1) is 31.1. The Morgan fingerprint density at radius 1 is 0.552 bits per heavy atom. The molecule has 1 N–H and O–H groups in total. The monoisotopic (exact) mass is 432 g/mol. The molecular weight excluding hydrogens is 375 g/mol. The standard InChI is InChI=1S/C24H53P.C2H4O2/c1-5-9-10-11-12-13-14-15-16-17-18-19-20-21-22-23-24-25(6-2,7-3)8-4;1-2(3)4/h25H,5-24H2,1-4H3;1H3,(H,3,4). The molecule has 0 aromatic rings. The van der Waals surface area contributed by atoms with Crippen molar-refractivity contribution < 1.29 is 9.90 Å². The number of unbranched alkanes of at least 4 members (excludes halogenated alkanes) is 15. The fourth-order valence-corrected chi connectivity index (χ4v) is 7.89. The fourth-order valence-electron chi connectivity index (χ4n) is 4.33. The normalized spacial score (nSPS) is 11.8. The maximum absolute atomic E-state index is 9.00. The van der Waals surface area contributed by atoms with E-state index in [0.717, 1.165) is 6.92 Å². The third kappa shape index (κ3) is 24.0. The van der Waals surface area contributed by atoms with Crippen LogP contribution in [-0.4, -0.2) is 35.7 Å². The predicted octanol–water partition coefficient (Wildman–Crippen LogP) is 9.15. The van der Waals surface area contributed by atoms with Gasteiger partial charge in [-0.3, -0.25) is 4.79 Å². The van der Waals surface area contributed by atoms with Crippen LogP contribution >= 0.6 is 7.26 Å². The summed E-state index contributed by atoms with van der Waals surface area (Å²) >= 11 is 0. The van der Waals surface area contributed by atoms with Crippen molar-refractivity contribution in [1.82, 2.24) is 0 Å². The Hall–Kier alpha value is -0.100. The summed E-state index contributed by atoms with van der Waals surface area (Å²) in [6, 6.07) is 0. The molecule has 0 aliphatic rings. The van der Waals surface area contributed by atoms with Gasteiger partial charge < -0.3 is 5.11 Å².